The van der Waals surface area contributed by atoms with E-state index >= 15 is 0 Å². The second kappa shape index (κ2) is 8.16. The average Bonchev–Trinajstić information content (AvgIpc) is 3.00. The van der Waals surface area contributed by atoms with Crippen LogP contribution in [0, 0.1) is 11.3 Å². The molecule has 3 fully saturated rings. The molecule has 3 heteroatoms. The van der Waals surface area contributed by atoms with Gasteiger partial charge in [-0.05, 0) is 81.1 Å². The molecular formula is C22H32F2O. The van der Waals surface area contributed by atoms with Gasteiger partial charge in [-0.15, -0.1) is 0 Å². The van der Waals surface area contributed by atoms with Crippen LogP contribution >= 0.6 is 0 Å². The van der Waals surface area contributed by atoms with E-state index < -0.39 is 6.43 Å². The number of allylic oxidation sites excluding steroid dienone is 3. The van der Waals surface area contributed by atoms with Crippen LogP contribution < -0.4 is 0 Å². The molecule has 3 saturated carbocycles. The third kappa shape index (κ3) is 4.42. The largest absolute Gasteiger partial charge is 0.388 e. The standard InChI is InChI=1S/C22H32F2O/c1-16-8-9-17(15-20(16)25)10-11-18-5-2-12-22(13-3-6-19(18)22)14-4-7-21(23)24/h10-11,19-21,25H,1-9,12-15H2/b17-10-,18-11+. The Morgan fingerprint density at radius 3 is 2.72 bits per heavy atom. The molecule has 140 valence electrons. The van der Waals surface area contributed by atoms with Crippen LogP contribution in [0.2, 0.25) is 0 Å². The lowest BCUT2D eigenvalue weighted by molar-refractivity contribution is 0.109. The fraction of sp³-hybridized carbons (Fsp3) is 0.727. The fourth-order valence-electron chi connectivity index (χ4n) is 5.43. The van der Waals surface area contributed by atoms with E-state index in [2.05, 4.69) is 18.7 Å². The quantitative estimate of drug-likeness (QED) is 0.573. The SMILES string of the molecule is C=C1CC/C(=C/C=C2\CCCC3(CCCC(F)F)CCCC23)CC1O. The molecule has 3 aliphatic rings. The van der Waals surface area contributed by atoms with Crippen molar-refractivity contribution in [2.75, 3.05) is 0 Å². The monoisotopic (exact) mass is 350 g/mol. The molecule has 3 aliphatic carbocycles. The highest BCUT2D eigenvalue weighted by Crippen LogP contribution is 2.57. The van der Waals surface area contributed by atoms with E-state index in [9.17, 15) is 13.9 Å². The Bertz CT molecular complexity index is 548. The van der Waals surface area contributed by atoms with Gasteiger partial charge in [0.05, 0.1) is 6.10 Å². The van der Waals surface area contributed by atoms with Gasteiger partial charge in [0, 0.05) is 6.42 Å². The zero-order valence-corrected chi connectivity index (χ0v) is 15.3. The molecule has 0 saturated heterocycles. The summed E-state index contributed by atoms with van der Waals surface area (Å²) in [4.78, 5) is 0. The fourth-order valence-corrected chi connectivity index (χ4v) is 5.43. The summed E-state index contributed by atoms with van der Waals surface area (Å²) in [5.74, 6) is 0.597. The summed E-state index contributed by atoms with van der Waals surface area (Å²) in [5, 5.41) is 10.00. The first-order valence-electron chi connectivity index (χ1n) is 10.0. The Labute approximate surface area is 150 Å². The lowest BCUT2D eigenvalue weighted by Gasteiger charge is -2.41. The zero-order valence-electron chi connectivity index (χ0n) is 15.3. The third-order valence-corrected chi connectivity index (χ3v) is 6.82. The second-order valence-electron chi connectivity index (χ2n) is 8.39. The first-order chi connectivity index (χ1) is 12.0. The van der Waals surface area contributed by atoms with Crippen LogP contribution in [-0.4, -0.2) is 17.6 Å². The number of fused-ring (bicyclic) bond motifs is 1. The molecule has 0 aromatic carbocycles. The van der Waals surface area contributed by atoms with Crippen LogP contribution in [0.5, 0.6) is 0 Å². The van der Waals surface area contributed by atoms with Crippen molar-refractivity contribution in [3.63, 3.8) is 0 Å². The number of hydrogen-bond acceptors (Lipinski definition) is 1. The molecule has 0 heterocycles. The van der Waals surface area contributed by atoms with Crippen molar-refractivity contribution in [3.05, 3.63) is 35.5 Å². The summed E-state index contributed by atoms with van der Waals surface area (Å²) in [7, 11) is 0. The van der Waals surface area contributed by atoms with Crippen molar-refractivity contribution in [1.82, 2.24) is 0 Å². The van der Waals surface area contributed by atoms with Crippen molar-refractivity contribution in [3.8, 4) is 0 Å². The van der Waals surface area contributed by atoms with Crippen LogP contribution in [0.25, 0.3) is 0 Å². The predicted molar refractivity (Wildman–Crippen MR) is 98.6 cm³/mol. The van der Waals surface area contributed by atoms with Gasteiger partial charge in [-0.25, -0.2) is 8.78 Å². The van der Waals surface area contributed by atoms with E-state index in [1.54, 1.807) is 0 Å². The molecule has 3 rings (SSSR count). The molecule has 25 heavy (non-hydrogen) atoms. The van der Waals surface area contributed by atoms with Crippen LogP contribution in [-0.2, 0) is 0 Å². The Kier molecular flexibility index (Phi) is 6.14. The number of hydrogen-bond donors (Lipinski definition) is 1. The highest BCUT2D eigenvalue weighted by atomic mass is 19.3. The van der Waals surface area contributed by atoms with Crippen LogP contribution in [0.4, 0.5) is 8.78 Å². The smallest absolute Gasteiger partial charge is 0.238 e. The van der Waals surface area contributed by atoms with Crippen molar-refractivity contribution in [2.24, 2.45) is 11.3 Å². The van der Waals surface area contributed by atoms with Gasteiger partial charge in [0.1, 0.15) is 0 Å². The van der Waals surface area contributed by atoms with E-state index in [1.807, 2.05) is 0 Å². The lowest BCUT2D eigenvalue weighted by atomic mass is 9.63. The maximum atomic E-state index is 12.5. The van der Waals surface area contributed by atoms with Gasteiger partial charge in [-0.2, -0.15) is 0 Å². The van der Waals surface area contributed by atoms with Crippen LogP contribution in [0.3, 0.4) is 0 Å². The van der Waals surface area contributed by atoms with Crippen LogP contribution in [0.1, 0.15) is 77.0 Å². The highest BCUT2D eigenvalue weighted by molar-refractivity contribution is 5.27. The summed E-state index contributed by atoms with van der Waals surface area (Å²) in [5.41, 5.74) is 4.10. The Hall–Kier alpha value is -0.960. The first-order valence-corrected chi connectivity index (χ1v) is 10.0. The minimum atomic E-state index is -2.16. The molecule has 0 aromatic rings. The van der Waals surface area contributed by atoms with Gasteiger partial charge in [0.25, 0.3) is 0 Å². The number of aliphatic hydroxyl groups excluding tert-OH is 1. The van der Waals surface area contributed by atoms with Crippen molar-refractivity contribution in [2.45, 2.75) is 89.6 Å². The Morgan fingerprint density at radius 2 is 1.96 bits per heavy atom. The molecule has 3 unspecified atom stereocenters. The molecule has 3 atom stereocenters. The maximum Gasteiger partial charge on any atom is 0.238 e. The van der Waals surface area contributed by atoms with Gasteiger partial charge in [0.2, 0.25) is 6.43 Å². The molecule has 0 bridgehead atoms. The summed E-state index contributed by atoms with van der Waals surface area (Å²) < 4.78 is 25.1. The van der Waals surface area contributed by atoms with Crippen molar-refractivity contribution >= 4 is 0 Å². The number of alkyl halides is 2. The molecule has 0 amide bonds. The molecular weight excluding hydrogens is 318 g/mol. The number of halogens is 2. The third-order valence-electron chi connectivity index (χ3n) is 6.82. The van der Waals surface area contributed by atoms with Gasteiger partial charge in [-0.1, -0.05) is 36.3 Å². The lowest BCUT2D eigenvalue weighted by Crippen LogP contribution is -2.31. The van der Waals surface area contributed by atoms with Crippen molar-refractivity contribution < 1.29 is 13.9 Å². The molecule has 0 spiro atoms. The van der Waals surface area contributed by atoms with Crippen LogP contribution in [0.15, 0.2) is 35.5 Å². The first kappa shape index (κ1) is 18.8. The van der Waals surface area contributed by atoms with E-state index in [0.717, 1.165) is 31.3 Å². The topological polar surface area (TPSA) is 20.2 Å². The van der Waals surface area contributed by atoms with E-state index in [4.69, 9.17) is 0 Å². The zero-order chi connectivity index (χ0) is 17.9. The molecule has 1 N–H and O–H groups in total. The average molecular weight is 350 g/mol. The number of rotatable bonds is 5. The highest BCUT2D eigenvalue weighted by Gasteiger charge is 2.45. The van der Waals surface area contributed by atoms with E-state index in [0.29, 0.717) is 18.8 Å². The minimum absolute atomic E-state index is 0.0549. The van der Waals surface area contributed by atoms with Crippen molar-refractivity contribution in [1.29, 1.82) is 0 Å². The van der Waals surface area contributed by atoms with Gasteiger partial charge in [0.15, 0.2) is 0 Å². The van der Waals surface area contributed by atoms with E-state index in [1.165, 1.54) is 43.3 Å². The minimum Gasteiger partial charge on any atom is -0.388 e. The maximum absolute atomic E-state index is 12.5. The van der Waals surface area contributed by atoms with Gasteiger partial charge in [-0.3, -0.25) is 0 Å². The van der Waals surface area contributed by atoms with Gasteiger partial charge < -0.3 is 5.11 Å². The normalized spacial score (nSPS) is 36.4. The summed E-state index contributed by atoms with van der Waals surface area (Å²) in [6.07, 6.45) is 13.5. The summed E-state index contributed by atoms with van der Waals surface area (Å²) >= 11 is 0. The number of aliphatic hydroxyl groups is 1. The molecule has 0 aliphatic heterocycles. The summed E-state index contributed by atoms with van der Waals surface area (Å²) in [6.45, 7) is 3.93. The predicted octanol–water partition coefficient (Wildman–Crippen LogP) is 6.35. The van der Waals surface area contributed by atoms with E-state index in [-0.39, 0.29) is 17.9 Å². The molecule has 0 radical (unpaired) electrons. The summed E-state index contributed by atoms with van der Waals surface area (Å²) in [6, 6.07) is 0. The Morgan fingerprint density at radius 1 is 1.16 bits per heavy atom. The Balaban J connectivity index is 1.68. The van der Waals surface area contributed by atoms with Gasteiger partial charge >= 0.3 is 0 Å². The molecule has 1 nitrogen and oxygen atoms in total. The molecule has 0 aromatic heterocycles. The second-order valence-corrected chi connectivity index (χ2v) is 8.39.